The van der Waals surface area contributed by atoms with E-state index in [1.807, 2.05) is 24.3 Å². The highest BCUT2D eigenvalue weighted by atomic mass is 19.1. The maximum Gasteiger partial charge on any atom is 0.166 e. The molecule has 0 spiro atoms. The standard InChI is InChI=1S/C16H14F2O2/c1-20-13-4-2-3-11(9-13)5-8-16(19)14-7-6-12(17)10-15(14)18/h2-4,6-7,9-10H,5,8H2,1H3. The highest BCUT2D eigenvalue weighted by Crippen LogP contribution is 2.16. The summed E-state index contributed by atoms with van der Waals surface area (Å²) in [5.74, 6) is -1.14. The largest absolute Gasteiger partial charge is 0.497 e. The molecule has 0 atom stereocenters. The average molecular weight is 276 g/mol. The fourth-order valence-electron chi connectivity index (χ4n) is 1.94. The maximum absolute atomic E-state index is 13.5. The van der Waals surface area contributed by atoms with Gasteiger partial charge in [-0.3, -0.25) is 4.79 Å². The van der Waals surface area contributed by atoms with Crippen LogP contribution >= 0.6 is 0 Å². The molecular weight excluding hydrogens is 262 g/mol. The molecule has 20 heavy (non-hydrogen) atoms. The summed E-state index contributed by atoms with van der Waals surface area (Å²) in [5.41, 5.74) is 0.856. The van der Waals surface area contributed by atoms with Crippen molar-refractivity contribution in [3.05, 3.63) is 65.2 Å². The lowest BCUT2D eigenvalue weighted by molar-refractivity contribution is 0.0979. The van der Waals surface area contributed by atoms with Gasteiger partial charge in [0.05, 0.1) is 12.7 Å². The molecule has 2 nitrogen and oxygen atoms in total. The second-order valence-electron chi connectivity index (χ2n) is 4.40. The fourth-order valence-corrected chi connectivity index (χ4v) is 1.94. The van der Waals surface area contributed by atoms with Gasteiger partial charge in [-0.1, -0.05) is 12.1 Å². The summed E-state index contributed by atoms with van der Waals surface area (Å²) in [5, 5.41) is 0. The first-order valence-corrected chi connectivity index (χ1v) is 6.21. The Kier molecular flexibility index (Phi) is 4.45. The van der Waals surface area contributed by atoms with Crippen LogP contribution in [-0.2, 0) is 6.42 Å². The van der Waals surface area contributed by atoms with Crippen molar-refractivity contribution >= 4 is 5.78 Å². The molecule has 4 heteroatoms. The summed E-state index contributed by atoms with van der Waals surface area (Å²) in [6, 6.07) is 10.3. The number of hydrogen-bond donors (Lipinski definition) is 0. The highest BCUT2D eigenvalue weighted by Gasteiger charge is 2.12. The van der Waals surface area contributed by atoms with Crippen molar-refractivity contribution in [1.29, 1.82) is 0 Å². The van der Waals surface area contributed by atoms with E-state index in [9.17, 15) is 13.6 Å². The van der Waals surface area contributed by atoms with Crippen LogP contribution in [0.4, 0.5) is 8.78 Å². The van der Waals surface area contributed by atoms with Crippen LogP contribution < -0.4 is 4.74 Å². The Morgan fingerprint density at radius 2 is 1.95 bits per heavy atom. The van der Waals surface area contributed by atoms with E-state index in [0.717, 1.165) is 17.7 Å². The summed E-state index contributed by atoms with van der Waals surface area (Å²) >= 11 is 0. The number of ether oxygens (including phenoxy) is 1. The molecule has 0 amide bonds. The third-order valence-corrected chi connectivity index (χ3v) is 3.01. The van der Waals surface area contributed by atoms with Crippen molar-refractivity contribution in [2.24, 2.45) is 0 Å². The number of halogens is 2. The number of ketones is 1. The fraction of sp³-hybridized carbons (Fsp3) is 0.188. The Labute approximate surface area is 116 Å². The molecule has 2 aromatic carbocycles. The van der Waals surface area contributed by atoms with Gasteiger partial charge in [0, 0.05) is 12.5 Å². The van der Waals surface area contributed by atoms with Gasteiger partial charge in [-0.25, -0.2) is 8.78 Å². The van der Waals surface area contributed by atoms with Gasteiger partial charge in [-0.15, -0.1) is 0 Å². The molecule has 0 saturated heterocycles. The number of carbonyl (C=O) groups excluding carboxylic acids is 1. The topological polar surface area (TPSA) is 26.3 Å². The number of rotatable bonds is 5. The first-order valence-electron chi connectivity index (χ1n) is 6.21. The Morgan fingerprint density at radius 3 is 2.65 bits per heavy atom. The molecule has 0 radical (unpaired) electrons. The van der Waals surface area contributed by atoms with E-state index in [1.54, 1.807) is 7.11 Å². The minimum absolute atomic E-state index is 0.0747. The second-order valence-corrected chi connectivity index (χ2v) is 4.40. The van der Waals surface area contributed by atoms with Crippen LogP contribution in [0.1, 0.15) is 22.3 Å². The van der Waals surface area contributed by atoms with Gasteiger partial charge in [0.1, 0.15) is 17.4 Å². The van der Waals surface area contributed by atoms with Gasteiger partial charge < -0.3 is 4.74 Å². The third-order valence-electron chi connectivity index (χ3n) is 3.01. The minimum atomic E-state index is -0.819. The summed E-state index contributed by atoms with van der Waals surface area (Å²) < 4.78 is 31.3. The predicted octanol–water partition coefficient (Wildman–Crippen LogP) is 3.79. The van der Waals surface area contributed by atoms with Crippen LogP contribution in [0.3, 0.4) is 0 Å². The van der Waals surface area contributed by atoms with E-state index in [4.69, 9.17) is 4.74 Å². The molecule has 2 rings (SSSR count). The Bertz CT molecular complexity index is 624. The Morgan fingerprint density at radius 1 is 1.15 bits per heavy atom. The molecule has 0 N–H and O–H groups in total. The van der Waals surface area contributed by atoms with Crippen LogP contribution in [0.15, 0.2) is 42.5 Å². The van der Waals surface area contributed by atoms with Crippen molar-refractivity contribution in [2.45, 2.75) is 12.8 Å². The zero-order chi connectivity index (χ0) is 14.5. The lowest BCUT2D eigenvalue weighted by atomic mass is 10.0. The molecule has 0 bridgehead atoms. The van der Waals surface area contributed by atoms with Crippen LogP contribution in [-0.4, -0.2) is 12.9 Å². The molecule has 0 aliphatic heterocycles. The molecule has 0 aliphatic carbocycles. The maximum atomic E-state index is 13.5. The Hall–Kier alpha value is -2.23. The SMILES string of the molecule is COc1cccc(CCC(=O)c2ccc(F)cc2F)c1. The molecule has 2 aromatic rings. The highest BCUT2D eigenvalue weighted by molar-refractivity contribution is 5.96. The minimum Gasteiger partial charge on any atom is -0.497 e. The first kappa shape index (κ1) is 14.2. The van der Waals surface area contributed by atoms with E-state index < -0.39 is 11.6 Å². The van der Waals surface area contributed by atoms with Gasteiger partial charge in [0.2, 0.25) is 0 Å². The van der Waals surface area contributed by atoms with Crippen LogP contribution in [0.25, 0.3) is 0 Å². The van der Waals surface area contributed by atoms with Gasteiger partial charge in [0.25, 0.3) is 0 Å². The zero-order valence-corrected chi connectivity index (χ0v) is 11.0. The lowest BCUT2D eigenvalue weighted by Gasteiger charge is -2.05. The smallest absolute Gasteiger partial charge is 0.166 e. The average Bonchev–Trinajstić information content (AvgIpc) is 2.45. The van der Waals surface area contributed by atoms with Crippen LogP contribution in [0.2, 0.25) is 0 Å². The van der Waals surface area contributed by atoms with E-state index in [1.165, 1.54) is 6.07 Å². The van der Waals surface area contributed by atoms with Crippen molar-refractivity contribution in [3.8, 4) is 5.75 Å². The number of benzene rings is 2. The second kappa shape index (κ2) is 6.28. The van der Waals surface area contributed by atoms with Gasteiger partial charge >= 0.3 is 0 Å². The molecule has 0 unspecified atom stereocenters. The van der Waals surface area contributed by atoms with Crippen molar-refractivity contribution < 1.29 is 18.3 Å². The lowest BCUT2D eigenvalue weighted by Crippen LogP contribution is -2.04. The van der Waals surface area contributed by atoms with Crippen molar-refractivity contribution in [3.63, 3.8) is 0 Å². The van der Waals surface area contributed by atoms with Gasteiger partial charge in [-0.05, 0) is 36.2 Å². The monoisotopic (exact) mass is 276 g/mol. The predicted molar refractivity (Wildman–Crippen MR) is 72.0 cm³/mol. The van der Waals surface area contributed by atoms with E-state index in [2.05, 4.69) is 0 Å². The molecule has 0 aliphatic rings. The van der Waals surface area contributed by atoms with Crippen molar-refractivity contribution in [1.82, 2.24) is 0 Å². The van der Waals surface area contributed by atoms with E-state index in [0.29, 0.717) is 12.2 Å². The van der Waals surface area contributed by atoms with E-state index in [-0.39, 0.29) is 17.8 Å². The number of carbonyl (C=O) groups is 1. The number of aryl methyl sites for hydroxylation is 1. The number of methoxy groups -OCH3 is 1. The Balaban J connectivity index is 2.04. The van der Waals surface area contributed by atoms with E-state index >= 15 is 0 Å². The molecule has 0 saturated carbocycles. The van der Waals surface area contributed by atoms with Gasteiger partial charge in [-0.2, -0.15) is 0 Å². The van der Waals surface area contributed by atoms with Crippen LogP contribution in [0, 0.1) is 11.6 Å². The number of hydrogen-bond acceptors (Lipinski definition) is 2. The van der Waals surface area contributed by atoms with Gasteiger partial charge in [0.15, 0.2) is 5.78 Å². The van der Waals surface area contributed by atoms with Crippen LogP contribution in [0.5, 0.6) is 5.75 Å². The summed E-state index contributed by atoms with van der Waals surface area (Å²) in [4.78, 5) is 11.9. The summed E-state index contributed by atoms with van der Waals surface area (Å²) in [6.45, 7) is 0. The number of Topliss-reactive ketones (excluding diaryl/α,β-unsaturated/α-hetero) is 1. The molecule has 0 aromatic heterocycles. The normalized spacial score (nSPS) is 10.3. The quantitative estimate of drug-likeness (QED) is 0.777. The summed E-state index contributed by atoms with van der Waals surface area (Å²) in [7, 11) is 1.57. The molecular formula is C16H14F2O2. The molecule has 0 heterocycles. The summed E-state index contributed by atoms with van der Waals surface area (Å²) in [6.07, 6.45) is 0.641. The zero-order valence-electron chi connectivity index (χ0n) is 11.0. The molecule has 0 fully saturated rings. The van der Waals surface area contributed by atoms with Crippen molar-refractivity contribution in [2.75, 3.05) is 7.11 Å². The third kappa shape index (κ3) is 3.41. The molecule has 104 valence electrons. The first-order chi connectivity index (χ1) is 9.60.